The van der Waals surface area contributed by atoms with Crippen molar-refractivity contribution < 1.29 is 22.9 Å². The highest BCUT2D eigenvalue weighted by Gasteiger charge is 2.41. The predicted octanol–water partition coefficient (Wildman–Crippen LogP) is 1.81. The molecule has 2 aliphatic heterocycles. The van der Waals surface area contributed by atoms with E-state index in [1.807, 2.05) is 0 Å². The fourth-order valence-corrected chi connectivity index (χ4v) is 5.88. The molecule has 31 heavy (non-hydrogen) atoms. The second kappa shape index (κ2) is 6.41. The van der Waals surface area contributed by atoms with E-state index in [9.17, 15) is 28.1 Å². The average Bonchev–Trinajstić information content (AvgIpc) is 3.34. The molecule has 2 aliphatic rings. The van der Waals surface area contributed by atoms with Crippen LogP contribution in [0.5, 0.6) is 0 Å². The van der Waals surface area contributed by atoms with E-state index in [0.29, 0.717) is 23.1 Å². The van der Waals surface area contributed by atoms with Gasteiger partial charge in [-0.3, -0.25) is 19.7 Å². The van der Waals surface area contributed by atoms with Gasteiger partial charge in [-0.1, -0.05) is 6.07 Å². The number of nitro benzene ring substituents is 1. The maximum atomic E-state index is 13.3. The van der Waals surface area contributed by atoms with Crippen LogP contribution in [0.3, 0.4) is 0 Å². The first kappa shape index (κ1) is 19.3. The van der Waals surface area contributed by atoms with Gasteiger partial charge in [0, 0.05) is 18.3 Å². The van der Waals surface area contributed by atoms with E-state index >= 15 is 0 Å². The molecule has 0 saturated carbocycles. The van der Waals surface area contributed by atoms with Gasteiger partial charge in [0.15, 0.2) is 15.5 Å². The number of fused-ring (bicyclic) bond motifs is 3. The number of benzene rings is 1. The molecule has 1 atom stereocenters. The van der Waals surface area contributed by atoms with Crippen molar-refractivity contribution in [3.8, 4) is 0 Å². The van der Waals surface area contributed by atoms with Crippen LogP contribution in [0, 0.1) is 17.0 Å². The molecular weight excluding hydrogens is 426 g/mol. The van der Waals surface area contributed by atoms with Crippen molar-refractivity contribution in [2.75, 3.05) is 16.4 Å². The summed E-state index contributed by atoms with van der Waals surface area (Å²) in [5, 5.41) is 15.9. The van der Waals surface area contributed by atoms with Crippen molar-refractivity contribution >= 4 is 44.1 Å². The van der Waals surface area contributed by atoms with Gasteiger partial charge in [-0.25, -0.2) is 23.0 Å². The topological polar surface area (TPSA) is 145 Å². The number of hydrogen-bond donors (Lipinski definition) is 0. The van der Waals surface area contributed by atoms with Crippen molar-refractivity contribution in [2.24, 2.45) is 0 Å². The third-order valence-corrected chi connectivity index (χ3v) is 7.35. The SMILES string of the molecule is Cc1nn(C2CCS(=O)(=O)C2)c2ncc3c(c12)C(=O)N(c1cccc([N+](=O)[O-])c1)C3=O. The highest BCUT2D eigenvalue weighted by atomic mass is 32.2. The van der Waals surface area contributed by atoms with Crippen LogP contribution in [0.25, 0.3) is 11.0 Å². The summed E-state index contributed by atoms with van der Waals surface area (Å²) in [7, 11) is -3.16. The largest absolute Gasteiger partial charge is 0.271 e. The normalized spacial score (nSPS) is 19.9. The lowest BCUT2D eigenvalue weighted by Gasteiger charge is -2.13. The molecule has 4 heterocycles. The molecule has 0 N–H and O–H groups in total. The number of aryl methyl sites for hydroxylation is 1. The van der Waals surface area contributed by atoms with E-state index in [4.69, 9.17) is 0 Å². The number of carbonyl (C=O) groups excluding carboxylic acids is 2. The van der Waals surface area contributed by atoms with Gasteiger partial charge in [0.05, 0.1) is 50.4 Å². The molecule has 158 valence electrons. The Morgan fingerprint density at radius 3 is 2.68 bits per heavy atom. The van der Waals surface area contributed by atoms with Crippen LogP contribution in [0.4, 0.5) is 11.4 Å². The van der Waals surface area contributed by atoms with Crippen LogP contribution in [-0.4, -0.2) is 51.4 Å². The summed E-state index contributed by atoms with van der Waals surface area (Å²) >= 11 is 0. The molecule has 5 rings (SSSR count). The summed E-state index contributed by atoms with van der Waals surface area (Å²) < 4.78 is 25.3. The van der Waals surface area contributed by atoms with E-state index in [2.05, 4.69) is 10.1 Å². The summed E-state index contributed by atoms with van der Waals surface area (Å²) in [5.41, 5.74) is 0.812. The third kappa shape index (κ3) is 2.82. The first-order valence-electron chi connectivity index (χ1n) is 9.39. The number of hydrogen-bond acceptors (Lipinski definition) is 8. The average molecular weight is 441 g/mol. The quantitative estimate of drug-likeness (QED) is 0.340. The number of carbonyl (C=O) groups is 2. The zero-order valence-electron chi connectivity index (χ0n) is 16.2. The van der Waals surface area contributed by atoms with Crippen molar-refractivity contribution in [3.05, 3.63) is 57.4 Å². The number of amides is 2. The minimum atomic E-state index is -3.16. The monoisotopic (exact) mass is 441 g/mol. The van der Waals surface area contributed by atoms with Gasteiger partial charge < -0.3 is 0 Å². The number of sulfone groups is 1. The van der Waals surface area contributed by atoms with E-state index in [0.717, 1.165) is 11.0 Å². The lowest BCUT2D eigenvalue weighted by Crippen LogP contribution is -2.29. The van der Waals surface area contributed by atoms with Crippen molar-refractivity contribution in [1.82, 2.24) is 14.8 Å². The lowest BCUT2D eigenvalue weighted by molar-refractivity contribution is -0.384. The minimum absolute atomic E-state index is 0.0565. The first-order chi connectivity index (χ1) is 14.7. The summed E-state index contributed by atoms with van der Waals surface area (Å²) in [6, 6.07) is 4.87. The van der Waals surface area contributed by atoms with Crippen LogP contribution in [0.15, 0.2) is 30.5 Å². The highest BCUT2D eigenvalue weighted by molar-refractivity contribution is 7.91. The first-order valence-corrected chi connectivity index (χ1v) is 11.2. The fourth-order valence-electron chi connectivity index (χ4n) is 4.19. The number of rotatable bonds is 3. The predicted molar refractivity (Wildman–Crippen MR) is 109 cm³/mol. The molecule has 12 heteroatoms. The Labute approximate surface area is 175 Å². The number of imide groups is 1. The smallest absolute Gasteiger partial charge is 0.268 e. The molecule has 0 spiro atoms. The number of aromatic nitrogens is 3. The minimum Gasteiger partial charge on any atom is -0.268 e. The molecule has 1 fully saturated rings. The molecule has 0 aliphatic carbocycles. The van der Waals surface area contributed by atoms with Gasteiger partial charge in [0.2, 0.25) is 0 Å². The highest BCUT2D eigenvalue weighted by Crippen LogP contribution is 2.36. The second-order valence-electron chi connectivity index (χ2n) is 7.55. The van der Waals surface area contributed by atoms with Crippen molar-refractivity contribution in [3.63, 3.8) is 0 Å². The van der Waals surface area contributed by atoms with Gasteiger partial charge in [-0.2, -0.15) is 5.10 Å². The summed E-state index contributed by atoms with van der Waals surface area (Å²) in [4.78, 5) is 41.9. The number of anilines is 1. The van der Waals surface area contributed by atoms with Gasteiger partial charge in [-0.05, 0) is 19.4 Å². The maximum absolute atomic E-state index is 13.3. The third-order valence-electron chi connectivity index (χ3n) is 5.60. The van der Waals surface area contributed by atoms with Crippen molar-refractivity contribution in [2.45, 2.75) is 19.4 Å². The molecule has 3 aromatic rings. The number of nitro groups is 1. The zero-order chi connectivity index (χ0) is 22.1. The van der Waals surface area contributed by atoms with Crippen LogP contribution < -0.4 is 4.90 Å². The Kier molecular flexibility index (Phi) is 3.99. The van der Waals surface area contributed by atoms with E-state index < -0.39 is 32.6 Å². The Hall–Kier alpha value is -3.67. The van der Waals surface area contributed by atoms with Gasteiger partial charge in [-0.15, -0.1) is 0 Å². The van der Waals surface area contributed by atoms with E-state index in [1.54, 1.807) is 6.92 Å². The number of nitrogens with zero attached hydrogens (tertiary/aromatic N) is 5. The molecule has 1 aromatic carbocycles. The molecule has 0 radical (unpaired) electrons. The van der Waals surface area contributed by atoms with Gasteiger partial charge >= 0.3 is 0 Å². The fraction of sp³-hybridized carbons (Fsp3) is 0.263. The Morgan fingerprint density at radius 2 is 2.00 bits per heavy atom. The molecule has 2 aromatic heterocycles. The Bertz CT molecular complexity index is 1430. The number of non-ortho nitro benzene ring substituents is 1. The van der Waals surface area contributed by atoms with Crippen molar-refractivity contribution in [1.29, 1.82) is 0 Å². The maximum Gasteiger partial charge on any atom is 0.271 e. The molecule has 2 amide bonds. The summed E-state index contributed by atoms with van der Waals surface area (Å²) in [6.45, 7) is 1.66. The summed E-state index contributed by atoms with van der Waals surface area (Å²) in [5.74, 6) is -1.27. The molecule has 0 bridgehead atoms. The molecule has 1 saturated heterocycles. The van der Waals surface area contributed by atoms with Gasteiger partial charge in [0.25, 0.3) is 17.5 Å². The van der Waals surface area contributed by atoms with Crippen LogP contribution >= 0.6 is 0 Å². The number of pyridine rings is 1. The van der Waals surface area contributed by atoms with Crippen LogP contribution in [0.2, 0.25) is 0 Å². The Morgan fingerprint density at radius 1 is 1.23 bits per heavy atom. The van der Waals surface area contributed by atoms with Crippen LogP contribution in [0.1, 0.15) is 38.9 Å². The molecular formula is C19H15N5O6S. The second-order valence-corrected chi connectivity index (χ2v) is 9.78. The molecule has 11 nitrogen and oxygen atoms in total. The summed E-state index contributed by atoms with van der Waals surface area (Å²) in [6.07, 6.45) is 1.67. The van der Waals surface area contributed by atoms with E-state index in [-0.39, 0.29) is 34.0 Å². The van der Waals surface area contributed by atoms with E-state index in [1.165, 1.54) is 29.1 Å². The molecule has 1 unspecified atom stereocenters. The standard InChI is InChI=1S/C19H15N5O6S/c1-10-15-16-14(8-20-17(15)23(21-10)13-5-6-31(29,30)9-13)18(25)22(19(16)26)11-3-2-4-12(7-11)24(27)28/h2-4,7-8,13H,5-6,9H2,1H3. The van der Waals surface area contributed by atoms with Gasteiger partial charge in [0.1, 0.15) is 0 Å². The van der Waals surface area contributed by atoms with Crippen LogP contribution in [-0.2, 0) is 9.84 Å². The Balaban J connectivity index is 1.64. The zero-order valence-corrected chi connectivity index (χ0v) is 17.0. The lowest BCUT2D eigenvalue weighted by atomic mass is 10.1.